The van der Waals surface area contributed by atoms with E-state index in [1.54, 1.807) is 4.90 Å². The van der Waals surface area contributed by atoms with Crippen LogP contribution in [-0.4, -0.2) is 54.2 Å². The van der Waals surface area contributed by atoms with Gasteiger partial charge in [-0.05, 0) is 18.9 Å². The molecule has 0 aromatic carbocycles. The number of fused-ring (bicyclic) bond motifs is 1. The van der Waals surface area contributed by atoms with Crippen LogP contribution in [0.4, 0.5) is 4.79 Å². The van der Waals surface area contributed by atoms with Crippen LogP contribution in [0.25, 0.3) is 0 Å². The zero-order valence-electron chi connectivity index (χ0n) is 7.23. The molecule has 0 radical (unpaired) electrons. The van der Waals surface area contributed by atoms with E-state index in [1.807, 2.05) is 0 Å². The van der Waals surface area contributed by atoms with Gasteiger partial charge < -0.3 is 14.9 Å². The number of hydrogen-bond donors (Lipinski definition) is 1. The lowest BCUT2D eigenvalue weighted by atomic mass is 10.0. The highest BCUT2D eigenvalue weighted by Crippen LogP contribution is 2.29. The predicted octanol–water partition coefficient (Wildman–Crippen LogP) is 0.158. The molecule has 2 atom stereocenters. The SMILES string of the molecule is CN1C[C@@H]2CN(C(=O)O)C[C@@H]2C1. The van der Waals surface area contributed by atoms with Gasteiger partial charge in [0.25, 0.3) is 0 Å². The molecule has 1 amide bonds. The summed E-state index contributed by atoms with van der Waals surface area (Å²) < 4.78 is 0. The van der Waals surface area contributed by atoms with E-state index in [1.165, 1.54) is 0 Å². The molecule has 0 saturated carbocycles. The molecule has 2 fully saturated rings. The molecule has 1 N–H and O–H groups in total. The number of carbonyl (C=O) groups is 1. The largest absolute Gasteiger partial charge is 0.465 e. The molecule has 68 valence electrons. The van der Waals surface area contributed by atoms with E-state index in [9.17, 15) is 4.79 Å². The van der Waals surface area contributed by atoms with Crippen LogP contribution >= 0.6 is 0 Å². The Morgan fingerprint density at radius 1 is 1.25 bits per heavy atom. The summed E-state index contributed by atoms with van der Waals surface area (Å²) in [4.78, 5) is 14.5. The van der Waals surface area contributed by atoms with Gasteiger partial charge >= 0.3 is 6.09 Å². The van der Waals surface area contributed by atoms with Crippen LogP contribution in [0, 0.1) is 11.8 Å². The first kappa shape index (κ1) is 7.86. The molecule has 2 aliphatic rings. The number of amides is 1. The molecule has 2 rings (SSSR count). The fraction of sp³-hybridized carbons (Fsp3) is 0.875. The van der Waals surface area contributed by atoms with Crippen LogP contribution < -0.4 is 0 Å². The summed E-state index contributed by atoms with van der Waals surface area (Å²) in [5, 5.41) is 8.75. The number of carboxylic acid groups (broad SMARTS) is 1. The minimum absolute atomic E-state index is 0.589. The van der Waals surface area contributed by atoms with Gasteiger partial charge in [-0.2, -0.15) is 0 Å². The lowest BCUT2D eigenvalue weighted by molar-refractivity contribution is 0.150. The van der Waals surface area contributed by atoms with E-state index in [0.717, 1.165) is 26.2 Å². The Balaban J connectivity index is 1.98. The Hall–Kier alpha value is -0.770. The average Bonchev–Trinajstić information content (AvgIpc) is 2.42. The number of nitrogens with zero attached hydrogens (tertiary/aromatic N) is 2. The van der Waals surface area contributed by atoms with Gasteiger partial charge in [-0.15, -0.1) is 0 Å². The number of hydrogen-bond acceptors (Lipinski definition) is 2. The quantitative estimate of drug-likeness (QED) is 0.563. The first-order valence-electron chi connectivity index (χ1n) is 4.33. The monoisotopic (exact) mass is 170 g/mol. The second kappa shape index (κ2) is 2.62. The lowest BCUT2D eigenvalue weighted by Crippen LogP contribution is -2.30. The fourth-order valence-electron chi connectivity index (χ4n) is 2.38. The van der Waals surface area contributed by atoms with Gasteiger partial charge in [-0.3, -0.25) is 0 Å². The van der Waals surface area contributed by atoms with Crippen molar-refractivity contribution in [1.82, 2.24) is 9.80 Å². The molecular weight excluding hydrogens is 156 g/mol. The standard InChI is InChI=1S/C8H14N2O2/c1-9-2-6-4-10(8(11)12)5-7(6)3-9/h6-7H,2-5H2,1H3,(H,11,12)/t6-,7+. The topological polar surface area (TPSA) is 43.8 Å². The van der Waals surface area contributed by atoms with Gasteiger partial charge in [-0.1, -0.05) is 0 Å². The molecule has 0 unspecified atom stereocenters. The molecule has 4 nitrogen and oxygen atoms in total. The number of likely N-dealkylation sites (tertiary alicyclic amines) is 2. The van der Waals surface area contributed by atoms with Gasteiger partial charge in [0.2, 0.25) is 0 Å². The van der Waals surface area contributed by atoms with Gasteiger partial charge in [0.1, 0.15) is 0 Å². The van der Waals surface area contributed by atoms with Gasteiger partial charge in [0, 0.05) is 26.2 Å². The van der Waals surface area contributed by atoms with Crippen LogP contribution in [-0.2, 0) is 0 Å². The first-order chi connectivity index (χ1) is 5.66. The molecule has 2 saturated heterocycles. The maximum Gasteiger partial charge on any atom is 0.407 e. The van der Waals surface area contributed by atoms with Crippen molar-refractivity contribution in [3.8, 4) is 0 Å². The molecule has 2 heterocycles. The Bertz CT molecular complexity index is 193. The van der Waals surface area contributed by atoms with E-state index in [-0.39, 0.29) is 0 Å². The van der Waals surface area contributed by atoms with Crippen LogP contribution in [0.15, 0.2) is 0 Å². The highest BCUT2D eigenvalue weighted by molar-refractivity contribution is 5.65. The van der Waals surface area contributed by atoms with Crippen LogP contribution in [0.2, 0.25) is 0 Å². The summed E-state index contributed by atoms with van der Waals surface area (Å²) in [7, 11) is 2.10. The molecule has 12 heavy (non-hydrogen) atoms. The maximum absolute atomic E-state index is 10.6. The van der Waals surface area contributed by atoms with Crippen molar-refractivity contribution in [1.29, 1.82) is 0 Å². The van der Waals surface area contributed by atoms with Crippen molar-refractivity contribution < 1.29 is 9.90 Å². The van der Waals surface area contributed by atoms with Gasteiger partial charge in [0.15, 0.2) is 0 Å². The summed E-state index contributed by atoms with van der Waals surface area (Å²) in [6, 6.07) is 0. The molecule has 0 bridgehead atoms. The van der Waals surface area contributed by atoms with Gasteiger partial charge in [0.05, 0.1) is 0 Å². The summed E-state index contributed by atoms with van der Waals surface area (Å²) in [6.45, 7) is 3.61. The van der Waals surface area contributed by atoms with Gasteiger partial charge in [-0.25, -0.2) is 4.79 Å². The minimum Gasteiger partial charge on any atom is -0.465 e. The highest BCUT2D eigenvalue weighted by atomic mass is 16.4. The Kier molecular flexibility index (Phi) is 1.72. The van der Waals surface area contributed by atoms with E-state index >= 15 is 0 Å². The molecule has 4 heteroatoms. The third-order valence-electron chi connectivity index (χ3n) is 2.94. The average molecular weight is 170 g/mol. The fourth-order valence-corrected chi connectivity index (χ4v) is 2.38. The second-order valence-electron chi connectivity index (χ2n) is 3.93. The summed E-state index contributed by atoms with van der Waals surface area (Å²) >= 11 is 0. The molecule has 2 aliphatic heterocycles. The summed E-state index contributed by atoms with van der Waals surface area (Å²) in [6.07, 6.45) is -0.757. The number of rotatable bonds is 0. The zero-order valence-corrected chi connectivity index (χ0v) is 7.23. The highest BCUT2D eigenvalue weighted by Gasteiger charge is 2.40. The first-order valence-corrected chi connectivity index (χ1v) is 4.33. The second-order valence-corrected chi connectivity index (χ2v) is 3.93. The van der Waals surface area contributed by atoms with E-state index in [2.05, 4.69) is 11.9 Å². The van der Waals surface area contributed by atoms with Crippen molar-refractivity contribution in [2.75, 3.05) is 33.2 Å². The van der Waals surface area contributed by atoms with E-state index < -0.39 is 6.09 Å². The van der Waals surface area contributed by atoms with Crippen LogP contribution in [0.1, 0.15) is 0 Å². The third-order valence-corrected chi connectivity index (χ3v) is 2.94. The smallest absolute Gasteiger partial charge is 0.407 e. The van der Waals surface area contributed by atoms with Crippen molar-refractivity contribution in [2.24, 2.45) is 11.8 Å². The summed E-state index contributed by atoms with van der Waals surface area (Å²) in [5.74, 6) is 1.18. The normalized spacial score (nSPS) is 35.6. The lowest BCUT2D eigenvalue weighted by Gasteiger charge is -2.15. The van der Waals surface area contributed by atoms with Crippen molar-refractivity contribution >= 4 is 6.09 Å². The minimum atomic E-state index is -0.757. The Labute approximate surface area is 71.8 Å². The van der Waals surface area contributed by atoms with Crippen LogP contribution in [0.5, 0.6) is 0 Å². The molecule has 0 aromatic rings. The molecular formula is C8H14N2O2. The summed E-state index contributed by atoms with van der Waals surface area (Å²) in [5.41, 5.74) is 0. The molecule has 0 aromatic heterocycles. The van der Waals surface area contributed by atoms with Crippen LogP contribution in [0.3, 0.4) is 0 Å². The predicted molar refractivity (Wildman–Crippen MR) is 44.1 cm³/mol. The van der Waals surface area contributed by atoms with Crippen molar-refractivity contribution in [3.63, 3.8) is 0 Å². The zero-order chi connectivity index (χ0) is 8.72. The van der Waals surface area contributed by atoms with Crippen molar-refractivity contribution in [2.45, 2.75) is 0 Å². The Morgan fingerprint density at radius 2 is 1.75 bits per heavy atom. The van der Waals surface area contributed by atoms with E-state index in [4.69, 9.17) is 5.11 Å². The Morgan fingerprint density at radius 3 is 2.17 bits per heavy atom. The van der Waals surface area contributed by atoms with Crippen molar-refractivity contribution in [3.05, 3.63) is 0 Å². The van der Waals surface area contributed by atoms with E-state index in [0.29, 0.717) is 11.8 Å². The maximum atomic E-state index is 10.6. The molecule has 0 aliphatic carbocycles. The third kappa shape index (κ3) is 1.16. The molecule has 0 spiro atoms.